The Morgan fingerprint density at radius 3 is 2.68 bits per heavy atom. The van der Waals surface area contributed by atoms with Crippen LogP contribution in [-0.2, 0) is 4.74 Å². The van der Waals surface area contributed by atoms with E-state index in [0.29, 0.717) is 12.2 Å². The van der Waals surface area contributed by atoms with Crippen LogP contribution in [0.5, 0.6) is 5.75 Å². The Bertz CT molecular complexity index is 697. The zero-order valence-corrected chi connectivity index (χ0v) is 14.5. The van der Waals surface area contributed by atoms with Crippen molar-refractivity contribution in [3.8, 4) is 5.75 Å². The van der Waals surface area contributed by atoms with Crippen LogP contribution < -0.4 is 10.1 Å². The molecule has 0 bridgehead atoms. The van der Waals surface area contributed by atoms with E-state index in [9.17, 15) is 4.79 Å². The van der Waals surface area contributed by atoms with E-state index >= 15 is 0 Å². The highest BCUT2D eigenvalue weighted by Gasteiger charge is 2.11. The number of carbonyl (C=O) groups is 1. The third-order valence-electron chi connectivity index (χ3n) is 4.25. The molecule has 1 saturated heterocycles. The molecule has 5 heteroatoms. The van der Waals surface area contributed by atoms with Crippen LogP contribution in [-0.4, -0.2) is 50.3 Å². The fourth-order valence-corrected chi connectivity index (χ4v) is 2.74. The highest BCUT2D eigenvalue weighted by Crippen LogP contribution is 2.23. The van der Waals surface area contributed by atoms with Gasteiger partial charge in [-0.1, -0.05) is 24.3 Å². The molecule has 2 aromatic rings. The fourth-order valence-electron chi connectivity index (χ4n) is 2.74. The van der Waals surface area contributed by atoms with Crippen molar-refractivity contribution in [2.24, 2.45) is 0 Å². The predicted molar refractivity (Wildman–Crippen MR) is 98.3 cm³/mol. The second-order valence-electron chi connectivity index (χ2n) is 6.10. The monoisotopic (exact) mass is 340 g/mol. The van der Waals surface area contributed by atoms with Crippen LogP contribution in [0.4, 0.5) is 5.69 Å². The van der Waals surface area contributed by atoms with Gasteiger partial charge < -0.3 is 14.8 Å². The Morgan fingerprint density at radius 2 is 1.92 bits per heavy atom. The molecule has 0 radical (unpaired) electrons. The highest BCUT2D eigenvalue weighted by atomic mass is 16.5. The first kappa shape index (κ1) is 17.5. The summed E-state index contributed by atoms with van der Waals surface area (Å²) in [6, 6.07) is 14.9. The van der Waals surface area contributed by atoms with Crippen LogP contribution in [0.3, 0.4) is 0 Å². The highest BCUT2D eigenvalue weighted by molar-refractivity contribution is 6.04. The minimum atomic E-state index is -0.122. The maximum atomic E-state index is 12.3. The number of hydrogen-bond acceptors (Lipinski definition) is 4. The summed E-state index contributed by atoms with van der Waals surface area (Å²) in [6.07, 6.45) is 0. The lowest BCUT2D eigenvalue weighted by molar-refractivity contribution is 0.0322. The first-order valence-corrected chi connectivity index (χ1v) is 8.62. The van der Waals surface area contributed by atoms with E-state index in [1.807, 2.05) is 43.3 Å². The molecule has 25 heavy (non-hydrogen) atoms. The van der Waals surface area contributed by atoms with Crippen LogP contribution >= 0.6 is 0 Å². The molecule has 0 unspecified atom stereocenters. The molecule has 3 rings (SSSR count). The number of hydrogen-bond donors (Lipinski definition) is 1. The van der Waals surface area contributed by atoms with E-state index < -0.39 is 0 Å². The number of carbonyl (C=O) groups excluding carboxylic acids is 1. The first-order valence-electron chi connectivity index (χ1n) is 8.62. The second kappa shape index (κ2) is 8.65. The second-order valence-corrected chi connectivity index (χ2v) is 6.10. The van der Waals surface area contributed by atoms with Crippen LogP contribution in [0.2, 0.25) is 0 Å². The Hall–Kier alpha value is -2.37. The molecule has 0 aliphatic carbocycles. The van der Waals surface area contributed by atoms with Gasteiger partial charge in [0.15, 0.2) is 0 Å². The summed E-state index contributed by atoms with van der Waals surface area (Å²) in [5.41, 5.74) is 2.43. The number of ether oxygens (including phenoxy) is 2. The minimum absolute atomic E-state index is 0.122. The average molecular weight is 340 g/mol. The zero-order chi connectivity index (χ0) is 17.5. The number of amides is 1. The van der Waals surface area contributed by atoms with Crippen LogP contribution in [0.1, 0.15) is 15.9 Å². The standard InChI is InChI=1S/C20H24N2O3/c1-16-7-8-18(21-20(23)17-5-3-2-4-6-17)15-19(16)25-14-11-22-9-12-24-13-10-22/h2-8,15H,9-14H2,1H3,(H,21,23). The van der Waals surface area contributed by atoms with Crippen molar-refractivity contribution in [1.82, 2.24) is 4.90 Å². The molecule has 0 saturated carbocycles. The molecule has 2 aromatic carbocycles. The van der Waals surface area contributed by atoms with Gasteiger partial charge >= 0.3 is 0 Å². The van der Waals surface area contributed by atoms with Crippen LogP contribution in [0.25, 0.3) is 0 Å². The Kier molecular flexibility index (Phi) is 6.04. The smallest absolute Gasteiger partial charge is 0.255 e. The van der Waals surface area contributed by atoms with Crippen molar-refractivity contribution in [3.63, 3.8) is 0 Å². The summed E-state index contributed by atoms with van der Waals surface area (Å²) in [5, 5.41) is 2.92. The Labute approximate surface area is 148 Å². The van der Waals surface area contributed by atoms with Crippen LogP contribution in [0.15, 0.2) is 48.5 Å². The molecule has 1 amide bonds. The third kappa shape index (κ3) is 5.05. The van der Waals surface area contributed by atoms with Crippen LogP contribution in [0, 0.1) is 6.92 Å². The summed E-state index contributed by atoms with van der Waals surface area (Å²) < 4.78 is 11.3. The first-order chi connectivity index (χ1) is 12.2. The summed E-state index contributed by atoms with van der Waals surface area (Å²) in [7, 11) is 0. The van der Waals surface area contributed by atoms with Crippen molar-refractivity contribution in [3.05, 3.63) is 59.7 Å². The molecular formula is C20H24N2O3. The van der Waals surface area contributed by atoms with Crippen molar-refractivity contribution < 1.29 is 14.3 Å². The SMILES string of the molecule is Cc1ccc(NC(=O)c2ccccc2)cc1OCCN1CCOCC1. The number of nitrogens with zero attached hydrogens (tertiary/aromatic N) is 1. The largest absolute Gasteiger partial charge is 0.492 e. The minimum Gasteiger partial charge on any atom is -0.492 e. The van der Waals surface area contributed by atoms with E-state index in [2.05, 4.69) is 10.2 Å². The fraction of sp³-hybridized carbons (Fsp3) is 0.350. The van der Waals surface area contributed by atoms with Gasteiger partial charge in [0.1, 0.15) is 12.4 Å². The Morgan fingerprint density at radius 1 is 1.16 bits per heavy atom. The molecule has 5 nitrogen and oxygen atoms in total. The lowest BCUT2D eigenvalue weighted by atomic mass is 10.2. The molecule has 1 aliphatic rings. The number of aryl methyl sites for hydroxylation is 1. The summed E-state index contributed by atoms with van der Waals surface area (Å²) in [6.45, 7) is 7.00. The summed E-state index contributed by atoms with van der Waals surface area (Å²) in [4.78, 5) is 14.6. The summed E-state index contributed by atoms with van der Waals surface area (Å²) >= 11 is 0. The third-order valence-corrected chi connectivity index (χ3v) is 4.25. The molecule has 1 aliphatic heterocycles. The van der Waals surface area contributed by atoms with Crippen molar-refractivity contribution >= 4 is 11.6 Å². The molecule has 0 spiro atoms. The molecule has 132 valence electrons. The van der Waals surface area contributed by atoms with E-state index in [-0.39, 0.29) is 5.91 Å². The van der Waals surface area contributed by atoms with E-state index in [1.54, 1.807) is 12.1 Å². The lowest BCUT2D eigenvalue weighted by Gasteiger charge is -2.26. The van der Waals surface area contributed by atoms with Gasteiger partial charge in [-0.25, -0.2) is 0 Å². The number of anilines is 1. The van der Waals surface area contributed by atoms with Crippen molar-refractivity contribution in [2.45, 2.75) is 6.92 Å². The van der Waals surface area contributed by atoms with E-state index in [4.69, 9.17) is 9.47 Å². The summed E-state index contributed by atoms with van der Waals surface area (Å²) in [5.74, 6) is 0.683. The number of rotatable bonds is 6. The average Bonchev–Trinajstić information content (AvgIpc) is 2.66. The van der Waals surface area contributed by atoms with Gasteiger partial charge in [0, 0.05) is 37.0 Å². The number of benzene rings is 2. The predicted octanol–water partition coefficient (Wildman–Crippen LogP) is 2.96. The van der Waals surface area contributed by atoms with Gasteiger partial charge in [0.05, 0.1) is 13.2 Å². The number of morpholine rings is 1. The van der Waals surface area contributed by atoms with E-state index in [0.717, 1.165) is 49.8 Å². The topological polar surface area (TPSA) is 50.8 Å². The lowest BCUT2D eigenvalue weighted by Crippen LogP contribution is -2.38. The van der Waals surface area contributed by atoms with Gasteiger partial charge in [-0.3, -0.25) is 9.69 Å². The molecule has 0 atom stereocenters. The molecule has 0 aromatic heterocycles. The van der Waals surface area contributed by atoms with Gasteiger partial charge in [-0.15, -0.1) is 0 Å². The molecule has 1 N–H and O–H groups in total. The molecule has 1 fully saturated rings. The number of nitrogens with one attached hydrogen (secondary N) is 1. The Balaban J connectivity index is 1.57. The van der Waals surface area contributed by atoms with Crippen molar-refractivity contribution in [2.75, 3.05) is 44.8 Å². The van der Waals surface area contributed by atoms with Gasteiger partial charge in [0.2, 0.25) is 0 Å². The maximum absolute atomic E-state index is 12.3. The van der Waals surface area contributed by atoms with Gasteiger partial charge in [-0.2, -0.15) is 0 Å². The zero-order valence-electron chi connectivity index (χ0n) is 14.5. The van der Waals surface area contributed by atoms with Gasteiger partial charge in [0.25, 0.3) is 5.91 Å². The van der Waals surface area contributed by atoms with E-state index in [1.165, 1.54) is 0 Å². The van der Waals surface area contributed by atoms with Gasteiger partial charge in [-0.05, 0) is 30.7 Å². The quantitative estimate of drug-likeness (QED) is 0.878. The van der Waals surface area contributed by atoms with Crippen molar-refractivity contribution in [1.29, 1.82) is 0 Å². The maximum Gasteiger partial charge on any atom is 0.255 e. The molecule has 1 heterocycles. The normalized spacial score (nSPS) is 14.9. The molecular weight excluding hydrogens is 316 g/mol.